The van der Waals surface area contributed by atoms with Crippen LogP contribution in [0.3, 0.4) is 0 Å². The van der Waals surface area contributed by atoms with Crippen molar-refractivity contribution in [1.29, 1.82) is 0 Å². The van der Waals surface area contributed by atoms with Crippen LogP contribution in [0.25, 0.3) is 0 Å². The number of halogens is 1. The highest BCUT2D eigenvalue weighted by molar-refractivity contribution is 5.37. The van der Waals surface area contributed by atoms with Crippen LogP contribution >= 0.6 is 0 Å². The molecule has 0 unspecified atom stereocenters. The predicted octanol–water partition coefficient (Wildman–Crippen LogP) is 1.71. The first-order chi connectivity index (χ1) is 8.70. The molecule has 2 rings (SSSR count). The van der Waals surface area contributed by atoms with E-state index in [1.165, 1.54) is 6.07 Å². The fourth-order valence-corrected chi connectivity index (χ4v) is 1.64. The smallest absolute Gasteiger partial charge is 0.147 e. The van der Waals surface area contributed by atoms with E-state index in [1.54, 1.807) is 24.5 Å². The molecule has 2 aromatic rings. The average molecular weight is 246 g/mol. The maximum Gasteiger partial charge on any atom is 0.147 e. The molecule has 0 aliphatic heterocycles. The number of anilines is 1. The normalized spacial score (nSPS) is 10.4. The van der Waals surface area contributed by atoms with E-state index in [0.717, 1.165) is 0 Å². The molecule has 0 amide bonds. The molecule has 0 aliphatic rings. The molecule has 5 heteroatoms. The Balaban J connectivity index is 2.16. The zero-order valence-electron chi connectivity index (χ0n) is 10.2. The molecule has 18 heavy (non-hydrogen) atoms. The Bertz CT molecular complexity index is 530. The number of nitrogens with zero attached hydrogens (tertiary/aromatic N) is 3. The zero-order valence-corrected chi connectivity index (χ0v) is 10.2. The third kappa shape index (κ3) is 2.81. The van der Waals surface area contributed by atoms with Crippen molar-refractivity contribution in [3.63, 3.8) is 0 Å². The third-order valence-electron chi connectivity index (χ3n) is 2.64. The van der Waals surface area contributed by atoms with E-state index in [0.29, 0.717) is 30.2 Å². The quantitative estimate of drug-likeness (QED) is 0.892. The van der Waals surface area contributed by atoms with Crippen LogP contribution in [-0.2, 0) is 13.1 Å². The fraction of sp³-hybridized carbons (Fsp3) is 0.231. The second-order valence-corrected chi connectivity index (χ2v) is 4.02. The first-order valence-electron chi connectivity index (χ1n) is 5.66. The second kappa shape index (κ2) is 5.55. The van der Waals surface area contributed by atoms with Gasteiger partial charge in [-0.3, -0.25) is 4.98 Å². The van der Waals surface area contributed by atoms with E-state index in [9.17, 15) is 4.39 Å². The first-order valence-corrected chi connectivity index (χ1v) is 5.66. The minimum Gasteiger partial charge on any atom is -0.354 e. The van der Waals surface area contributed by atoms with Crippen LogP contribution in [0.2, 0.25) is 0 Å². The predicted molar refractivity (Wildman–Crippen MR) is 68.4 cm³/mol. The molecule has 4 nitrogen and oxygen atoms in total. The number of aromatic nitrogens is 2. The van der Waals surface area contributed by atoms with Crippen molar-refractivity contribution >= 4 is 5.82 Å². The number of hydrogen-bond donors (Lipinski definition) is 1. The largest absolute Gasteiger partial charge is 0.354 e. The molecule has 0 spiro atoms. The van der Waals surface area contributed by atoms with Gasteiger partial charge in [-0.15, -0.1) is 0 Å². The molecule has 1 aromatic carbocycles. The van der Waals surface area contributed by atoms with Gasteiger partial charge < -0.3 is 10.6 Å². The van der Waals surface area contributed by atoms with Gasteiger partial charge >= 0.3 is 0 Å². The molecule has 0 saturated carbocycles. The van der Waals surface area contributed by atoms with Crippen LogP contribution in [0.15, 0.2) is 36.7 Å². The summed E-state index contributed by atoms with van der Waals surface area (Å²) in [5.74, 6) is 0.466. The zero-order chi connectivity index (χ0) is 13.0. The van der Waals surface area contributed by atoms with Crippen molar-refractivity contribution in [3.8, 4) is 0 Å². The Labute approximate surface area is 105 Å². The Hall–Kier alpha value is -2.01. The number of benzene rings is 1. The van der Waals surface area contributed by atoms with E-state index >= 15 is 0 Å². The van der Waals surface area contributed by atoms with Gasteiger partial charge in [0, 0.05) is 31.9 Å². The maximum absolute atomic E-state index is 13.5. The van der Waals surface area contributed by atoms with Crippen LogP contribution in [-0.4, -0.2) is 17.0 Å². The molecule has 0 bridgehead atoms. The highest BCUT2D eigenvalue weighted by atomic mass is 19.1. The van der Waals surface area contributed by atoms with Crippen LogP contribution in [0.5, 0.6) is 0 Å². The lowest BCUT2D eigenvalue weighted by Gasteiger charge is -2.18. The van der Waals surface area contributed by atoms with Gasteiger partial charge in [0.1, 0.15) is 11.6 Å². The van der Waals surface area contributed by atoms with Crippen molar-refractivity contribution in [2.24, 2.45) is 5.73 Å². The fourth-order valence-electron chi connectivity index (χ4n) is 1.64. The van der Waals surface area contributed by atoms with Crippen molar-refractivity contribution in [3.05, 3.63) is 53.7 Å². The maximum atomic E-state index is 13.5. The molecular weight excluding hydrogens is 231 g/mol. The molecule has 0 atom stereocenters. The summed E-state index contributed by atoms with van der Waals surface area (Å²) in [5.41, 5.74) is 6.86. The second-order valence-electron chi connectivity index (χ2n) is 4.02. The van der Waals surface area contributed by atoms with Crippen LogP contribution < -0.4 is 10.6 Å². The monoisotopic (exact) mass is 246 g/mol. The first kappa shape index (κ1) is 12.4. The summed E-state index contributed by atoms with van der Waals surface area (Å²) in [4.78, 5) is 10.2. The standard InChI is InChI=1S/C13H15FN4/c1-18(9-10-4-2-3-5-12(10)14)13-8-16-7-11(6-15)17-13/h2-5,7-8H,6,9,15H2,1H3. The van der Waals surface area contributed by atoms with Gasteiger partial charge in [-0.2, -0.15) is 0 Å². The minimum atomic E-state index is -0.215. The lowest BCUT2D eigenvalue weighted by Crippen LogP contribution is -2.19. The lowest BCUT2D eigenvalue weighted by atomic mass is 10.2. The van der Waals surface area contributed by atoms with Crippen molar-refractivity contribution < 1.29 is 4.39 Å². The van der Waals surface area contributed by atoms with Gasteiger partial charge in [0.2, 0.25) is 0 Å². The van der Waals surface area contributed by atoms with Crippen molar-refractivity contribution in [1.82, 2.24) is 9.97 Å². The number of rotatable bonds is 4. The molecule has 1 aromatic heterocycles. The van der Waals surface area contributed by atoms with Gasteiger partial charge in [-0.05, 0) is 6.07 Å². The molecule has 2 N–H and O–H groups in total. The van der Waals surface area contributed by atoms with E-state index in [4.69, 9.17) is 5.73 Å². The topological polar surface area (TPSA) is 55.0 Å². The molecule has 0 saturated heterocycles. The van der Waals surface area contributed by atoms with E-state index in [-0.39, 0.29) is 5.82 Å². The number of hydrogen-bond acceptors (Lipinski definition) is 4. The van der Waals surface area contributed by atoms with Gasteiger partial charge in [0.05, 0.1) is 11.9 Å². The lowest BCUT2D eigenvalue weighted by molar-refractivity contribution is 0.607. The number of nitrogens with two attached hydrogens (primary N) is 1. The molecule has 0 aliphatic carbocycles. The Kier molecular flexibility index (Phi) is 3.84. The Morgan fingerprint density at radius 3 is 2.78 bits per heavy atom. The SMILES string of the molecule is CN(Cc1ccccc1F)c1cncc(CN)n1. The van der Waals surface area contributed by atoms with Gasteiger partial charge in [0.25, 0.3) is 0 Å². The van der Waals surface area contributed by atoms with Gasteiger partial charge in [0.15, 0.2) is 0 Å². The summed E-state index contributed by atoms with van der Waals surface area (Å²) in [7, 11) is 1.84. The van der Waals surface area contributed by atoms with Crippen molar-refractivity contribution in [2.45, 2.75) is 13.1 Å². The highest BCUT2D eigenvalue weighted by Gasteiger charge is 2.07. The summed E-state index contributed by atoms with van der Waals surface area (Å²) in [6, 6.07) is 6.69. The van der Waals surface area contributed by atoms with E-state index < -0.39 is 0 Å². The Morgan fingerprint density at radius 2 is 2.06 bits per heavy atom. The van der Waals surface area contributed by atoms with E-state index in [2.05, 4.69) is 9.97 Å². The summed E-state index contributed by atoms with van der Waals surface area (Å²) < 4.78 is 13.5. The molecule has 94 valence electrons. The summed E-state index contributed by atoms with van der Waals surface area (Å²) >= 11 is 0. The molecule has 0 fully saturated rings. The molecular formula is C13H15FN4. The minimum absolute atomic E-state index is 0.215. The van der Waals surface area contributed by atoms with Gasteiger partial charge in [-0.25, -0.2) is 9.37 Å². The highest BCUT2D eigenvalue weighted by Crippen LogP contribution is 2.14. The molecule has 1 heterocycles. The summed E-state index contributed by atoms with van der Waals surface area (Å²) in [6.07, 6.45) is 3.26. The summed E-state index contributed by atoms with van der Waals surface area (Å²) in [6.45, 7) is 0.782. The average Bonchev–Trinajstić information content (AvgIpc) is 2.41. The van der Waals surface area contributed by atoms with Crippen molar-refractivity contribution in [2.75, 3.05) is 11.9 Å². The van der Waals surface area contributed by atoms with E-state index in [1.807, 2.05) is 18.0 Å². The summed E-state index contributed by atoms with van der Waals surface area (Å²) in [5, 5.41) is 0. The van der Waals surface area contributed by atoms with Crippen LogP contribution in [0.1, 0.15) is 11.3 Å². The third-order valence-corrected chi connectivity index (χ3v) is 2.64. The van der Waals surface area contributed by atoms with Crippen LogP contribution in [0, 0.1) is 5.82 Å². The molecule has 0 radical (unpaired) electrons. The Morgan fingerprint density at radius 1 is 1.28 bits per heavy atom. The van der Waals surface area contributed by atoms with Crippen LogP contribution in [0.4, 0.5) is 10.2 Å². The van der Waals surface area contributed by atoms with Gasteiger partial charge in [-0.1, -0.05) is 18.2 Å².